The Morgan fingerprint density at radius 1 is 1.14 bits per heavy atom. The van der Waals surface area contributed by atoms with Crippen LogP contribution in [0.5, 0.6) is 0 Å². The third kappa shape index (κ3) is 3.82. The number of amides is 1. The first-order valence-electron chi connectivity index (χ1n) is 9.64. The Morgan fingerprint density at radius 3 is 2.64 bits per heavy atom. The first kappa shape index (κ1) is 18.4. The molecule has 0 bridgehead atoms. The SMILES string of the molecule is Cc1nn(CC(=O)NCCN2CCCC2)c(=O)c2cc(-c3ccccc3)nn12. The van der Waals surface area contributed by atoms with Crippen molar-refractivity contribution in [2.75, 3.05) is 26.2 Å². The average Bonchev–Trinajstić information content (AvgIpc) is 3.37. The Morgan fingerprint density at radius 2 is 1.89 bits per heavy atom. The molecule has 28 heavy (non-hydrogen) atoms. The summed E-state index contributed by atoms with van der Waals surface area (Å²) >= 11 is 0. The minimum absolute atomic E-state index is 0.0952. The van der Waals surface area contributed by atoms with Gasteiger partial charge in [-0.15, -0.1) is 0 Å². The summed E-state index contributed by atoms with van der Waals surface area (Å²) in [5, 5.41) is 11.6. The summed E-state index contributed by atoms with van der Waals surface area (Å²) in [6.45, 7) is 5.29. The fourth-order valence-corrected chi connectivity index (χ4v) is 3.58. The molecule has 1 aliphatic heterocycles. The predicted octanol–water partition coefficient (Wildman–Crippen LogP) is 1.08. The molecule has 0 spiro atoms. The Balaban J connectivity index is 1.50. The predicted molar refractivity (Wildman–Crippen MR) is 106 cm³/mol. The van der Waals surface area contributed by atoms with Gasteiger partial charge in [-0.2, -0.15) is 10.2 Å². The highest BCUT2D eigenvalue weighted by Gasteiger charge is 2.15. The number of nitrogens with zero attached hydrogens (tertiary/aromatic N) is 5. The van der Waals surface area contributed by atoms with Crippen LogP contribution in [0.2, 0.25) is 0 Å². The third-order valence-electron chi connectivity index (χ3n) is 5.05. The fraction of sp³-hybridized carbons (Fsp3) is 0.400. The number of aromatic nitrogens is 4. The van der Waals surface area contributed by atoms with Gasteiger partial charge in [-0.3, -0.25) is 9.59 Å². The van der Waals surface area contributed by atoms with Crippen LogP contribution in [0.4, 0.5) is 0 Å². The zero-order valence-electron chi connectivity index (χ0n) is 16.0. The van der Waals surface area contributed by atoms with Crippen LogP contribution in [-0.4, -0.2) is 56.4 Å². The molecule has 146 valence electrons. The second-order valence-electron chi connectivity index (χ2n) is 7.10. The van der Waals surface area contributed by atoms with E-state index in [0.29, 0.717) is 23.6 Å². The standard InChI is InChI=1S/C20H24N6O2/c1-15-22-25(14-19(27)21-9-12-24-10-5-6-11-24)20(28)18-13-17(23-26(15)18)16-7-3-2-4-8-16/h2-4,7-8,13H,5-6,9-12,14H2,1H3,(H,21,27). The van der Waals surface area contributed by atoms with Crippen LogP contribution < -0.4 is 10.9 Å². The fourth-order valence-electron chi connectivity index (χ4n) is 3.58. The largest absolute Gasteiger partial charge is 0.353 e. The lowest BCUT2D eigenvalue weighted by Crippen LogP contribution is -2.38. The highest BCUT2D eigenvalue weighted by molar-refractivity contribution is 5.75. The van der Waals surface area contributed by atoms with Crippen molar-refractivity contribution < 1.29 is 4.79 Å². The number of hydrogen-bond acceptors (Lipinski definition) is 5. The van der Waals surface area contributed by atoms with Crippen LogP contribution in [0.15, 0.2) is 41.2 Å². The number of carbonyl (C=O) groups excluding carboxylic acids is 1. The quantitative estimate of drug-likeness (QED) is 0.692. The number of benzene rings is 1. The van der Waals surface area contributed by atoms with Gasteiger partial charge in [0.05, 0.1) is 5.69 Å². The highest BCUT2D eigenvalue weighted by atomic mass is 16.2. The van der Waals surface area contributed by atoms with Gasteiger partial charge in [0.2, 0.25) is 5.91 Å². The zero-order valence-corrected chi connectivity index (χ0v) is 16.0. The summed E-state index contributed by atoms with van der Waals surface area (Å²) in [5.41, 5.74) is 1.72. The first-order chi connectivity index (χ1) is 13.6. The summed E-state index contributed by atoms with van der Waals surface area (Å²) in [6, 6.07) is 11.4. The number of nitrogens with one attached hydrogen (secondary N) is 1. The van der Waals surface area contributed by atoms with Gasteiger partial charge in [-0.05, 0) is 38.9 Å². The summed E-state index contributed by atoms with van der Waals surface area (Å²) in [5.74, 6) is 0.349. The van der Waals surface area contributed by atoms with E-state index in [1.54, 1.807) is 13.0 Å². The molecule has 8 nitrogen and oxygen atoms in total. The second kappa shape index (κ2) is 7.93. The molecule has 0 radical (unpaired) electrons. The Kier molecular flexibility index (Phi) is 5.21. The number of fused-ring (bicyclic) bond motifs is 1. The normalized spacial score (nSPS) is 14.6. The van der Waals surface area contributed by atoms with Crippen molar-refractivity contribution in [3.8, 4) is 11.3 Å². The summed E-state index contributed by atoms with van der Waals surface area (Å²) in [7, 11) is 0. The van der Waals surface area contributed by atoms with Gasteiger partial charge in [0.15, 0.2) is 0 Å². The summed E-state index contributed by atoms with van der Waals surface area (Å²) in [4.78, 5) is 27.4. The molecule has 1 N–H and O–H groups in total. The van der Waals surface area contributed by atoms with Crippen molar-refractivity contribution >= 4 is 11.4 Å². The van der Waals surface area contributed by atoms with E-state index in [9.17, 15) is 9.59 Å². The molecule has 3 aromatic rings. The lowest BCUT2D eigenvalue weighted by Gasteiger charge is -2.14. The van der Waals surface area contributed by atoms with Crippen molar-refractivity contribution in [1.82, 2.24) is 29.6 Å². The lowest BCUT2D eigenvalue weighted by atomic mass is 10.1. The van der Waals surface area contributed by atoms with Crippen LogP contribution in [0, 0.1) is 6.92 Å². The Hall–Kier alpha value is -3.00. The molecule has 8 heteroatoms. The second-order valence-corrected chi connectivity index (χ2v) is 7.10. The molecular formula is C20H24N6O2. The summed E-state index contributed by atoms with van der Waals surface area (Å²) in [6.07, 6.45) is 2.45. The monoisotopic (exact) mass is 380 g/mol. The molecule has 1 fully saturated rings. The molecule has 1 aromatic carbocycles. The summed E-state index contributed by atoms with van der Waals surface area (Å²) < 4.78 is 2.75. The van der Waals surface area contributed by atoms with Crippen molar-refractivity contribution in [3.05, 3.63) is 52.6 Å². The van der Waals surface area contributed by atoms with Crippen LogP contribution in [0.3, 0.4) is 0 Å². The molecule has 2 aromatic heterocycles. The topological polar surface area (TPSA) is 84.5 Å². The third-order valence-corrected chi connectivity index (χ3v) is 5.05. The first-order valence-corrected chi connectivity index (χ1v) is 9.64. The maximum absolute atomic E-state index is 12.8. The van der Waals surface area contributed by atoms with Gasteiger partial charge in [0.1, 0.15) is 17.9 Å². The highest BCUT2D eigenvalue weighted by Crippen LogP contribution is 2.18. The zero-order chi connectivity index (χ0) is 19.5. The van der Waals surface area contributed by atoms with Crippen molar-refractivity contribution in [2.24, 2.45) is 0 Å². The van der Waals surface area contributed by atoms with E-state index in [-0.39, 0.29) is 18.0 Å². The van der Waals surface area contributed by atoms with Crippen LogP contribution in [-0.2, 0) is 11.3 Å². The van der Waals surface area contributed by atoms with Crippen molar-refractivity contribution in [2.45, 2.75) is 26.3 Å². The van der Waals surface area contributed by atoms with E-state index in [0.717, 1.165) is 25.2 Å². The van der Waals surface area contributed by atoms with Crippen LogP contribution in [0.1, 0.15) is 18.7 Å². The van der Waals surface area contributed by atoms with E-state index in [1.165, 1.54) is 22.0 Å². The maximum Gasteiger partial charge on any atom is 0.293 e. The molecule has 0 unspecified atom stereocenters. The van der Waals surface area contributed by atoms with Gasteiger partial charge in [-0.1, -0.05) is 30.3 Å². The van der Waals surface area contributed by atoms with Crippen LogP contribution >= 0.6 is 0 Å². The Bertz CT molecular complexity index is 1030. The maximum atomic E-state index is 12.8. The van der Waals surface area contributed by atoms with E-state index in [1.807, 2.05) is 30.3 Å². The molecule has 1 aliphatic rings. The Labute approximate surface area is 162 Å². The van der Waals surface area contributed by atoms with Gasteiger partial charge in [0.25, 0.3) is 5.56 Å². The molecule has 0 atom stereocenters. The smallest absolute Gasteiger partial charge is 0.293 e. The van der Waals surface area contributed by atoms with Gasteiger partial charge in [0, 0.05) is 18.7 Å². The molecule has 1 saturated heterocycles. The van der Waals surface area contributed by atoms with Crippen molar-refractivity contribution in [3.63, 3.8) is 0 Å². The van der Waals surface area contributed by atoms with E-state index in [2.05, 4.69) is 20.4 Å². The van der Waals surface area contributed by atoms with Gasteiger partial charge in [-0.25, -0.2) is 9.20 Å². The molecule has 0 aliphatic carbocycles. The number of likely N-dealkylation sites (tertiary alicyclic amines) is 1. The number of rotatable bonds is 6. The molecule has 1 amide bonds. The van der Waals surface area contributed by atoms with Crippen LogP contribution in [0.25, 0.3) is 16.8 Å². The van der Waals surface area contributed by atoms with Crippen molar-refractivity contribution in [1.29, 1.82) is 0 Å². The molecule has 0 saturated carbocycles. The number of carbonyl (C=O) groups is 1. The average molecular weight is 380 g/mol. The van der Waals surface area contributed by atoms with Gasteiger partial charge < -0.3 is 10.2 Å². The lowest BCUT2D eigenvalue weighted by molar-refractivity contribution is -0.121. The molecule has 4 rings (SSSR count). The molecular weight excluding hydrogens is 356 g/mol. The van der Waals surface area contributed by atoms with E-state index >= 15 is 0 Å². The van der Waals surface area contributed by atoms with E-state index in [4.69, 9.17) is 0 Å². The minimum atomic E-state index is -0.324. The van der Waals surface area contributed by atoms with Gasteiger partial charge >= 0.3 is 0 Å². The molecule has 3 heterocycles. The van der Waals surface area contributed by atoms with E-state index < -0.39 is 0 Å². The number of aryl methyl sites for hydroxylation is 1. The number of hydrogen-bond donors (Lipinski definition) is 1. The minimum Gasteiger partial charge on any atom is -0.353 e.